The molecule has 0 saturated heterocycles. The first kappa shape index (κ1) is 20.4. The zero-order valence-corrected chi connectivity index (χ0v) is 17.0. The van der Waals surface area contributed by atoms with Gasteiger partial charge in [-0.15, -0.1) is 0 Å². The van der Waals surface area contributed by atoms with Gasteiger partial charge in [0.15, 0.2) is 5.65 Å². The van der Waals surface area contributed by atoms with Gasteiger partial charge in [0.1, 0.15) is 6.54 Å². The molecule has 2 aromatic heterocycles. The fourth-order valence-electron chi connectivity index (χ4n) is 3.58. The number of rotatable bonds is 5. The molecule has 1 aliphatic carbocycles. The third kappa shape index (κ3) is 4.04. The Bertz CT molecular complexity index is 1100. The number of pyridine rings is 1. The number of halogens is 3. The molecule has 1 amide bonds. The van der Waals surface area contributed by atoms with Crippen molar-refractivity contribution in [2.24, 2.45) is 0 Å². The zero-order chi connectivity index (χ0) is 21.6. The molecule has 30 heavy (non-hydrogen) atoms. The summed E-state index contributed by atoms with van der Waals surface area (Å²) in [5, 5.41) is 6.93. The average molecular weight is 416 g/mol. The summed E-state index contributed by atoms with van der Waals surface area (Å²) in [6.07, 6.45) is -2.85. The number of hydrogen-bond donors (Lipinski definition) is 1. The number of alkyl halides is 3. The molecule has 0 aliphatic heterocycles. The maximum Gasteiger partial charge on any atom is 0.417 e. The lowest BCUT2D eigenvalue weighted by molar-refractivity contribution is -0.136. The van der Waals surface area contributed by atoms with E-state index >= 15 is 0 Å². The number of fused-ring (bicyclic) bond motifs is 1. The van der Waals surface area contributed by atoms with Gasteiger partial charge >= 0.3 is 6.18 Å². The molecule has 0 bridgehead atoms. The van der Waals surface area contributed by atoms with Gasteiger partial charge < -0.3 is 5.32 Å². The minimum absolute atomic E-state index is 0.0408. The highest BCUT2D eigenvalue weighted by molar-refractivity contribution is 5.92. The number of anilines is 1. The number of carbonyl (C=O) groups excluding carboxylic acids is 1. The molecule has 8 heteroatoms. The minimum Gasteiger partial charge on any atom is -0.324 e. The predicted molar refractivity (Wildman–Crippen MR) is 108 cm³/mol. The van der Waals surface area contributed by atoms with Gasteiger partial charge in [0.25, 0.3) is 0 Å². The van der Waals surface area contributed by atoms with E-state index in [-0.39, 0.29) is 35.1 Å². The van der Waals surface area contributed by atoms with Gasteiger partial charge in [0.05, 0.1) is 16.6 Å². The molecule has 1 fully saturated rings. The molecule has 4 rings (SSSR count). The lowest BCUT2D eigenvalue weighted by Gasteiger charge is -2.11. The second-order valence-corrected chi connectivity index (χ2v) is 8.13. The maximum absolute atomic E-state index is 13.7. The van der Waals surface area contributed by atoms with Crippen molar-refractivity contribution in [3.8, 4) is 0 Å². The van der Waals surface area contributed by atoms with E-state index in [0.717, 1.165) is 24.5 Å². The number of aryl methyl sites for hydroxylation is 1. The Kier molecular flexibility index (Phi) is 5.03. The average Bonchev–Trinajstić information content (AvgIpc) is 3.47. The molecular formula is C22H23F3N4O. The van der Waals surface area contributed by atoms with Crippen molar-refractivity contribution in [3.63, 3.8) is 0 Å². The highest BCUT2D eigenvalue weighted by Crippen LogP contribution is 2.43. The van der Waals surface area contributed by atoms with Crippen LogP contribution in [0.2, 0.25) is 0 Å². The van der Waals surface area contributed by atoms with Crippen LogP contribution in [0.5, 0.6) is 0 Å². The lowest BCUT2D eigenvalue weighted by Crippen LogP contribution is -2.20. The number of nitrogens with zero attached hydrogens (tertiary/aromatic N) is 3. The summed E-state index contributed by atoms with van der Waals surface area (Å²) in [5.41, 5.74) is 1.78. The Morgan fingerprint density at radius 1 is 1.23 bits per heavy atom. The van der Waals surface area contributed by atoms with Gasteiger partial charge in [-0.05, 0) is 49.4 Å². The Morgan fingerprint density at radius 3 is 2.47 bits per heavy atom. The lowest BCUT2D eigenvalue weighted by atomic mass is 10.0. The molecule has 0 unspecified atom stereocenters. The smallest absolute Gasteiger partial charge is 0.324 e. The second kappa shape index (κ2) is 7.41. The van der Waals surface area contributed by atoms with E-state index in [0.29, 0.717) is 17.3 Å². The summed E-state index contributed by atoms with van der Waals surface area (Å²) >= 11 is 0. The molecule has 0 atom stereocenters. The van der Waals surface area contributed by atoms with Crippen LogP contribution < -0.4 is 5.32 Å². The quantitative estimate of drug-likeness (QED) is 0.606. The number of carbonyl (C=O) groups is 1. The van der Waals surface area contributed by atoms with E-state index in [4.69, 9.17) is 0 Å². The van der Waals surface area contributed by atoms with Crippen LogP contribution in [0.1, 0.15) is 61.0 Å². The third-order valence-electron chi connectivity index (χ3n) is 5.35. The van der Waals surface area contributed by atoms with Crippen molar-refractivity contribution in [1.29, 1.82) is 0 Å². The van der Waals surface area contributed by atoms with E-state index in [2.05, 4.69) is 29.2 Å². The molecule has 0 spiro atoms. The van der Waals surface area contributed by atoms with Crippen molar-refractivity contribution >= 4 is 22.6 Å². The molecule has 5 nitrogen and oxygen atoms in total. The predicted octanol–water partition coefficient (Wildman–Crippen LogP) is 5.40. The summed E-state index contributed by atoms with van der Waals surface area (Å²) in [5.74, 6) is 0.0547. The van der Waals surface area contributed by atoms with E-state index in [9.17, 15) is 18.0 Å². The standard InChI is InChI=1S/C22H23F3N4O/c1-12(2)14-6-8-16(9-7-14)26-19(30)11-29-21-20(13(3)28-29)17(22(23,24)25)10-18(27-21)15-4-5-15/h6-10,12,15H,4-5,11H2,1-3H3,(H,26,30). The highest BCUT2D eigenvalue weighted by Gasteiger charge is 2.37. The fourth-order valence-corrected chi connectivity index (χ4v) is 3.58. The second-order valence-electron chi connectivity index (χ2n) is 8.13. The van der Waals surface area contributed by atoms with Gasteiger partial charge in [-0.3, -0.25) is 4.79 Å². The summed E-state index contributed by atoms with van der Waals surface area (Å²) in [6, 6.07) is 8.63. The van der Waals surface area contributed by atoms with Crippen molar-refractivity contribution in [2.75, 3.05) is 5.32 Å². The van der Waals surface area contributed by atoms with Crippen molar-refractivity contribution in [3.05, 3.63) is 52.8 Å². The number of aromatic nitrogens is 3. The number of benzene rings is 1. The molecule has 2 heterocycles. The summed E-state index contributed by atoms with van der Waals surface area (Å²) in [6.45, 7) is 5.46. The van der Waals surface area contributed by atoms with Gasteiger partial charge in [0, 0.05) is 17.3 Å². The van der Waals surface area contributed by atoms with Crippen LogP contribution in [-0.4, -0.2) is 20.7 Å². The van der Waals surface area contributed by atoms with Crippen molar-refractivity contribution in [2.45, 2.75) is 58.2 Å². The molecule has 158 valence electrons. The van der Waals surface area contributed by atoms with Crippen LogP contribution in [0.4, 0.5) is 18.9 Å². The Balaban J connectivity index is 1.64. The van der Waals surface area contributed by atoms with Gasteiger partial charge in [0.2, 0.25) is 5.91 Å². The Morgan fingerprint density at radius 2 is 1.90 bits per heavy atom. The number of hydrogen-bond acceptors (Lipinski definition) is 3. The van der Waals surface area contributed by atoms with Crippen LogP contribution in [0.3, 0.4) is 0 Å². The monoisotopic (exact) mass is 416 g/mol. The van der Waals surface area contributed by atoms with Crippen LogP contribution in [-0.2, 0) is 17.5 Å². The van der Waals surface area contributed by atoms with Crippen LogP contribution in [0, 0.1) is 6.92 Å². The van der Waals surface area contributed by atoms with Gasteiger partial charge in [-0.2, -0.15) is 18.3 Å². The third-order valence-corrected chi connectivity index (χ3v) is 5.35. The number of nitrogens with one attached hydrogen (secondary N) is 1. The molecule has 1 aliphatic rings. The van der Waals surface area contributed by atoms with E-state index in [1.165, 1.54) is 11.6 Å². The van der Waals surface area contributed by atoms with E-state index in [1.54, 1.807) is 0 Å². The molecule has 1 aromatic carbocycles. The van der Waals surface area contributed by atoms with Crippen molar-refractivity contribution in [1.82, 2.24) is 14.8 Å². The highest BCUT2D eigenvalue weighted by atomic mass is 19.4. The first-order valence-corrected chi connectivity index (χ1v) is 9.98. The zero-order valence-electron chi connectivity index (χ0n) is 17.0. The first-order chi connectivity index (χ1) is 14.1. The number of amides is 1. The van der Waals surface area contributed by atoms with Crippen LogP contribution in [0.15, 0.2) is 30.3 Å². The van der Waals surface area contributed by atoms with Crippen LogP contribution >= 0.6 is 0 Å². The van der Waals surface area contributed by atoms with Gasteiger partial charge in [-0.1, -0.05) is 26.0 Å². The Hall–Kier alpha value is -2.90. The summed E-state index contributed by atoms with van der Waals surface area (Å²) in [4.78, 5) is 17.0. The largest absolute Gasteiger partial charge is 0.417 e. The van der Waals surface area contributed by atoms with E-state index in [1.807, 2.05) is 24.3 Å². The Labute approximate surface area is 172 Å². The first-order valence-electron chi connectivity index (χ1n) is 9.98. The van der Waals surface area contributed by atoms with E-state index < -0.39 is 11.7 Å². The topological polar surface area (TPSA) is 59.8 Å². The molecular weight excluding hydrogens is 393 g/mol. The van der Waals surface area contributed by atoms with Gasteiger partial charge in [-0.25, -0.2) is 9.67 Å². The molecule has 3 aromatic rings. The SMILES string of the molecule is Cc1nn(CC(=O)Nc2ccc(C(C)C)cc2)c2nc(C3CC3)cc(C(F)(F)F)c12. The fraction of sp³-hybridized carbons (Fsp3) is 0.409. The summed E-state index contributed by atoms with van der Waals surface area (Å²) < 4.78 is 42.3. The maximum atomic E-state index is 13.7. The van der Waals surface area contributed by atoms with Crippen molar-refractivity contribution < 1.29 is 18.0 Å². The minimum atomic E-state index is -4.51. The van der Waals surface area contributed by atoms with Crippen LogP contribution in [0.25, 0.3) is 11.0 Å². The normalized spacial score (nSPS) is 14.5. The summed E-state index contributed by atoms with van der Waals surface area (Å²) in [7, 11) is 0. The molecule has 0 radical (unpaired) electrons. The molecule has 1 N–H and O–H groups in total. The molecule has 1 saturated carbocycles.